The van der Waals surface area contributed by atoms with E-state index in [0.717, 1.165) is 31.7 Å². The van der Waals surface area contributed by atoms with Crippen molar-refractivity contribution < 1.29 is 13.9 Å². The number of ether oxygens (including phenoxy) is 1. The molecule has 1 aromatic carbocycles. The van der Waals surface area contributed by atoms with Crippen molar-refractivity contribution in [3.63, 3.8) is 0 Å². The summed E-state index contributed by atoms with van der Waals surface area (Å²) in [5, 5.41) is 0. The van der Waals surface area contributed by atoms with Crippen molar-refractivity contribution in [1.82, 2.24) is 9.80 Å². The van der Waals surface area contributed by atoms with Crippen molar-refractivity contribution in [3.8, 4) is 0 Å². The number of amides is 1. The predicted octanol–water partition coefficient (Wildman–Crippen LogP) is 1.30. The predicted molar refractivity (Wildman–Crippen MR) is 77.5 cm³/mol. The number of carbonyl (C=O) groups excluding carboxylic acids is 1. The van der Waals surface area contributed by atoms with Crippen LogP contribution < -0.4 is 0 Å². The maximum Gasteiger partial charge on any atom is 0.227 e. The minimum absolute atomic E-state index is 0.0676. The van der Waals surface area contributed by atoms with Gasteiger partial charge in [-0.2, -0.15) is 0 Å². The molecule has 2 atom stereocenters. The van der Waals surface area contributed by atoms with Gasteiger partial charge in [-0.15, -0.1) is 0 Å². The highest BCUT2D eigenvalue weighted by molar-refractivity contribution is 5.79. The smallest absolute Gasteiger partial charge is 0.227 e. The molecule has 5 heteroatoms. The molecule has 2 heterocycles. The Morgan fingerprint density at radius 3 is 3.10 bits per heavy atom. The summed E-state index contributed by atoms with van der Waals surface area (Å²) in [7, 11) is 2.08. The molecule has 0 N–H and O–H groups in total. The number of rotatable bonds is 2. The standard InChI is InChI=1S/C16H21FN2O2/c1-18-7-8-21-15-5-6-19(11-14(15)18)16(20)10-12-3-2-4-13(17)9-12/h2-4,9,14-15H,5-8,10-11H2,1H3/t14-,15-/m0/s1. The SMILES string of the molecule is CN1CCO[C@H]2CCN(C(=O)Cc3cccc(F)c3)C[C@@H]21. The van der Waals surface area contributed by atoms with E-state index in [-0.39, 0.29) is 30.3 Å². The van der Waals surface area contributed by atoms with Crippen molar-refractivity contribution in [2.24, 2.45) is 0 Å². The molecular formula is C16H21FN2O2. The number of nitrogens with zero attached hydrogens (tertiary/aromatic N) is 2. The summed E-state index contributed by atoms with van der Waals surface area (Å²) in [6, 6.07) is 6.55. The Hall–Kier alpha value is -1.46. The van der Waals surface area contributed by atoms with Crippen LogP contribution >= 0.6 is 0 Å². The molecule has 1 aromatic rings. The van der Waals surface area contributed by atoms with E-state index in [1.807, 2.05) is 4.90 Å². The van der Waals surface area contributed by atoms with Gasteiger partial charge in [0.2, 0.25) is 5.91 Å². The number of likely N-dealkylation sites (tertiary alicyclic amines) is 1. The van der Waals surface area contributed by atoms with Crippen LogP contribution in [0.2, 0.25) is 0 Å². The molecule has 114 valence electrons. The first kappa shape index (κ1) is 14.5. The minimum Gasteiger partial charge on any atom is -0.375 e. The van der Waals surface area contributed by atoms with Gasteiger partial charge >= 0.3 is 0 Å². The van der Waals surface area contributed by atoms with Gasteiger partial charge in [0.25, 0.3) is 0 Å². The second-order valence-electron chi connectivity index (χ2n) is 5.89. The summed E-state index contributed by atoms with van der Waals surface area (Å²) in [5.41, 5.74) is 0.732. The molecule has 3 rings (SSSR count). The average Bonchev–Trinajstić information content (AvgIpc) is 2.47. The van der Waals surface area contributed by atoms with E-state index in [0.29, 0.717) is 6.54 Å². The van der Waals surface area contributed by atoms with Crippen molar-refractivity contribution in [3.05, 3.63) is 35.6 Å². The van der Waals surface area contributed by atoms with Gasteiger partial charge in [0.05, 0.1) is 25.2 Å². The third-order valence-corrected chi connectivity index (χ3v) is 4.46. The number of carbonyl (C=O) groups is 1. The molecule has 4 nitrogen and oxygen atoms in total. The lowest BCUT2D eigenvalue weighted by Crippen LogP contribution is -2.59. The Labute approximate surface area is 124 Å². The molecule has 0 radical (unpaired) electrons. The molecule has 0 unspecified atom stereocenters. The van der Waals surface area contributed by atoms with Crippen LogP contribution in [0.25, 0.3) is 0 Å². The van der Waals surface area contributed by atoms with Crippen LogP contribution in [0.4, 0.5) is 4.39 Å². The summed E-state index contributed by atoms with van der Waals surface area (Å²) in [4.78, 5) is 16.6. The van der Waals surface area contributed by atoms with Crippen LogP contribution in [0, 0.1) is 5.82 Å². The molecular weight excluding hydrogens is 271 g/mol. The first-order valence-electron chi connectivity index (χ1n) is 7.47. The van der Waals surface area contributed by atoms with Gasteiger partial charge in [0.1, 0.15) is 5.82 Å². The third kappa shape index (κ3) is 3.24. The second kappa shape index (κ2) is 6.12. The maximum absolute atomic E-state index is 13.2. The van der Waals surface area contributed by atoms with E-state index in [4.69, 9.17) is 4.74 Å². The summed E-state index contributed by atoms with van der Waals surface area (Å²) < 4.78 is 19.0. The van der Waals surface area contributed by atoms with Crippen molar-refractivity contribution in [1.29, 1.82) is 0 Å². The Balaban J connectivity index is 1.63. The van der Waals surface area contributed by atoms with Crippen LogP contribution in [-0.4, -0.2) is 61.1 Å². The summed E-state index contributed by atoms with van der Waals surface area (Å²) in [6.45, 7) is 3.11. The highest BCUT2D eigenvalue weighted by Gasteiger charge is 2.36. The Morgan fingerprint density at radius 2 is 2.29 bits per heavy atom. The van der Waals surface area contributed by atoms with E-state index < -0.39 is 0 Å². The summed E-state index contributed by atoms with van der Waals surface area (Å²) in [5.74, 6) is -0.225. The van der Waals surface area contributed by atoms with E-state index in [9.17, 15) is 9.18 Å². The molecule has 0 aliphatic carbocycles. The van der Waals surface area contributed by atoms with Gasteiger partial charge in [-0.25, -0.2) is 4.39 Å². The lowest BCUT2D eigenvalue weighted by atomic mass is 9.98. The normalized spacial score (nSPS) is 26.5. The largest absolute Gasteiger partial charge is 0.375 e. The molecule has 0 bridgehead atoms. The third-order valence-electron chi connectivity index (χ3n) is 4.46. The second-order valence-corrected chi connectivity index (χ2v) is 5.89. The van der Waals surface area contributed by atoms with Gasteiger partial charge in [0.15, 0.2) is 0 Å². The lowest BCUT2D eigenvalue weighted by Gasteiger charge is -2.45. The number of piperidine rings is 1. The summed E-state index contributed by atoms with van der Waals surface area (Å²) >= 11 is 0. The molecule has 2 saturated heterocycles. The van der Waals surface area contributed by atoms with Crippen molar-refractivity contribution in [2.75, 3.05) is 33.3 Å². The van der Waals surface area contributed by atoms with Gasteiger partial charge in [-0.3, -0.25) is 9.69 Å². The average molecular weight is 292 g/mol. The van der Waals surface area contributed by atoms with Gasteiger partial charge in [0, 0.05) is 19.6 Å². The maximum atomic E-state index is 13.2. The number of likely N-dealkylation sites (N-methyl/N-ethyl adjacent to an activating group) is 1. The topological polar surface area (TPSA) is 32.8 Å². The number of hydrogen-bond acceptors (Lipinski definition) is 3. The van der Waals surface area contributed by atoms with Gasteiger partial charge < -0.3 is 9.64 Å². The van der Waals surface area contributed by atoms with E-state index in [2.05, 4.69) is 11.9 Å². The van der Waals surface area contributed by atoms with E-state index in [1.165, 1.54) is 12.1 Å². The zero-order valence-electron chi connectivity index (χ0n) is 12.3. The zero-order chi connectivity index (χ0) is 14.8. The highest BCUT2D eigenvalue weighted by Crippen LogP contribution is 2.22. The Kier molecular flexibility index (Phi) is 4.22. The van der Waals surface area contributed by atoms with Crippen LogP contribution in [0.1, 0.15) is 12.0 Å². The highest BCUT2D eigenvalue weighted by atomic mass is 19.1. The van der Waals surface area contributed by atoms with E-state index in [1.54, 1.807) is 12.1 Å². The number of benzene rings is 1. The first-order chi connectivity index (χ1) is 10.1. The Bertz CT molecular complexity index is 523. The fraction of sp³-hybridized carbons (Fsp3) is 0.562. The number of fused-ring (bicyclic) bond motifs is 1. The fourth-order valence-electron chi connectivity index (χ4n) is 3.20. The molecule has 21 heavy (non-hydrogen) atoms. The van der Waals surface area contributed by atoms with Crippen LogP contribution in [0.15, 0.2) is 24.3 Å². The van der Waals surface area contributed by atoms with Crippen LogP contribution in [0.5, 0.6) is 0 Å². The number of morpholine rings is 1. The number of halogens is 1. The van der Waals surface area contributed by atoms with Gasteiger partial charge in [-0.1, -0.05) is 12.1 Å². The quantitative estimate of drug-likeness (QED) is 0.824. The zero-order valence-corrected chi connectivity index (χ0v) is 12.3. The molecule has 2 aliphatic rings. The first-order valence-corrected chi connectivity index (χ1v) is 7.47. The van der Waals surface area contributed by atoms with Gasteiger partial charge in [-0.05, 0) is 31.2 Å². The van der Waals surface area contributed by atoms with Crippen molar-refractivity contribution >= 4 is 5.91 Å². The van der Waals surface area contributed by atoms with E-state index >= 15 is 0 Å². The molecule has 0 saturated carbocycles. The van der Waals surface area contributed by atoms with Crippen molar-refractivity contribution in [2.45, 2.75) is 25.0 Å². The fourth-order valence-corrected chi connectivity index (χ4v) is 3.20. The molecule has 2 aliphatic heterocycles. The van der Waals surface area contributed by atoms with Crippen LogP contribution in [0.3, 0.4) is 0 Å². The molecule has 2 fully saturated rings. The Morgan fingerprint density at radius 1 is 1.43 bits per heavy atom. The molecule has 0 spiro atoms. The minimum atomic E-state index is -0.292. The summed E-state index contributed by atoms with van der Waals surface area (Å²) in [6.07, 6.45) is 1.38. The number of hydrogen-bond donors (Lipinski definition) is 0. The monoisotopic (exact) mass is 292 g/mol. The molecule has 0 aromatic heterocycles. The lowest BCUT2D eigenvalue weighted by molar-refractivity contribution is -0.140. The molecule has 1 amide bonds. The van der Waals surface area contributed by atoms with Crippen LogP contribution in [-0.2, 0) is 16.0 Å².